The molecule has 0 aliphatic heterocycles. The molecular formula is C21H26F2N2O2S. The summed E-state index contributed by atoms with van der Waals surface area (Å²) in [4.78, 5) is -0.316. The van der Waals surface area contributed by atoms with E-state index in [2.05, 4.69) is 17.0 Å². The van der Waals surface area contributed by atoms with Crippen LogP contribution in [0, 0.1) is 17.6 Å². The summed E-state index contributed by atoms with van der Waals surface area (Å²) in [6.07, 6.45) is 6.31. The minimum atomic E-state index is -4.02. The lowest BCUT2D eigenvalue weighted by Gasteiger charge is -2.19. The molecule has 0 aromatic heterocycles. The molecule has 2 aromatic rings. The van der Waals surface area contributed by atoms with Crippen molar-refractivity contribution in [3.8, 4) is 0 Å². The third kappa shape index (κ3) is 5.29. The molecule has 1 saturated carbocycles. The second kappa shape index (κ2) is 9.01. The topological polar surface area (TPSA) is 58.2 Å². The van der Waals surface area contributed by atoms with E-state index in [1.54, 1.807) is 12.1 Å². The standard InChI is InChI=1S/C21H26F2N2O2S/c1-15(12-16-6-2-3-7-16)24-14-17-8-4-5-9-21(17)25-28(26,27)18-10-11-19(22)20(23)13-18/h4-5,8-11,13,15-16,24-25H,2-3,6-7,12,14H2,1H3/t15-/m0/s1. The van der Waals surface area contributed by atoms with Gasteiger partial charge in [-0.15, -0.1) is 0 Å². The Labute approximate surface area is 165 Å². The molecule has 0 bridgehead atoms. The molecule has 3 rings (SSSR count). The molecule has 1 aliphatic carbocycles. The fourth-order valence-corrected chi connectivity index (χ4v) is 4.85. The van der Waals surface area contributed by atoms with Crippen molar-refractivity contribution in [1.82, 2.24) is 5.32 Å². The number of anilines is 1. The van der Waals surface area contributed by atoms with Gasteiger partial charge in [0.2, 0.25) is 0 Å². The molecule has 0 radical (unpaired) electrons. The minimum Gasteiger partial charge on any atom is -0.310 e. The van der Waals surface area contributed by atoms with Crippen LogP contribution in [-0.4, -0.2) is 14.5 Å². The van der Waals surface area contributed by atoms with Crippen LogP contribution >= 0.6 is 0 Å². The SMILES string of the molecule is C[C@@H](CC1CCCC1)NCc1ccccc1NS(=O)(=O)c1ccc(F)c(F)c1. The molecule has 28 heavy (non-hydrogen) atoms. The van der Waals surface area contributed by atoms with Gasteiger partial charge in [0.25, 0.3) is 10.0 Å². The predicted molar refractivity (Wildman–Crippen MR) is 106 cm³/mol. The first kappa shape index (κ1) is 20.7. The highest BCUT2D eigenvalue weighted by Gasteiger charge is 2.20. The number of hydrogen-bond donors (Lipinski definition) is 2. The molecule has 2 aromatic carbocycles. The van der Waals surface area contributed by atoms with Crippen LogP contribution in [0.4, 0.5) is 14.5 Å². The van der Waals surface area contributed by atoms with Crippen molar-refractivity contribution < 1.29 is 17.2 Å². The normalized spacial score (nSPS) is 16.2. The summed E-state index contributed by atoms with van der Waals surface area (Å²) in [5.74, 6) is -1.51. The Balaban J connectivity index is 1.68. The molecule has 1 aliphatic rings. The summed E-state index contributed by atoms with van der Waals surface area (Å²) in [6, 6.07) is 9.95. The molecule has 1 fully saturated rings. The summed E-state index contributed by atoms with van der Waals surface area (Å²) >= 11 is 0. The lowest BCUT2D eigenvalue weighted by Crippen LogP contribution is -2.28. The van der Waals surface area contributed by atoms with E-state index >= 15 is 0 Å². The molecule has 4 nitrogen and oxygen atoms in total. The second-order valence-corrected chi connectivity index (χ2v) is 9.19. The van der Waals surface area contributed by atoms with Crippen LogP contribution < -0.4 is 10.0 Å². The number of sulfonamides is 1. The van der Waals surface area contributed by atoms with Gasteiger partial charge >= 0.3 is 0 Å². The summed E-state index contributed by atoms with van der Waals surface area (Å²) < 4.78 is 54.1. The number of nitrogens with one attached hydrogen (secondary N) is 2. The molecule has 0 unspecified atom stereocenters. The van der Waals surface area contributed by atoms with Crippen LogP contribution in [0.25, 0.3) is 0 Å². The molecule has 0 amide bonds. The maximum absolute atomic E-state index is 13.4. The summed E-state index contributed by atoms with van der Waals surface area (Å²) in [7, 11) is -4.02. The van der Waals surface area contributed by atoms with E-state index < -0.39 is 21.7 Å². The Morgan fingerprint density at radius 3 is 2.50 bits per heavy atom. The molecule has 2 N–H and O–H groups in total. The molecule has 0 heterocycles. The Kier molecular flexibility index (Phi) is 6.67. The zero-order chi connectivity index (χ0) is 20.1. The van der Waals surface area contributed by atoms with Crippen LogP contribution in [0.1, 0.15) is 44.6 Å². The highest BCUT2D eigenvalue weighted by Crippen LogP contribution is 2.28. The predicted octanol–water partition coefficient (Wildman–Crippen LogP) is 4.82. The van der Waals surface area contributed by atoms with Gasteiger partial charge in [0.05, 0.1) is 10.6 Å². The van der Waals surface area contributed by atoms with E-state index in [0.717, 1.165) is 30.0 Å². The fourth-order valence-electron chi connectivity index (χ4n) is 3.74. The summed E-state index contributed by atoms with van der Waals surface area (Å²) in [6.45, 7) is 2.66. The van der Waals surface area contributed by atoms with Gasteiger partial charge in [-0.3, -0.25) is 4.72 Å². The average molecular weight is 409 g/mol. The van der Waals surface area contributed by atoms with Crippen molar-refractivity contribution in [2.24, 2.45) is 5.92 Å². The van der Waals surface area contributed by atoms with Crippen molar-refractivity contribution in [2.45, 2.75) is 56.5 Å². The molecule has 0 spiro atoms. The van der Waals surface area contributed by atoms with E-state index in [4.69, 9.17) is 0 Å². The molecular weight excluding hydrogens is 382 g/mol. The highest BCUT2D eigenvalue weighted by molar-refractivity contribution is 7.92. The zero-order valence-electron chi connectivity index (χ0n) is 15.9. The lowest BCUT2D eigenvalue weighted by molar-refractivity contribution is 0.404. The number of halogens is 2. The first-order valence-electron chi connectivity index (χ1n) is 9.64. The van der Waals surface area contributed by atoms with E-state index in [9.17, 15) is 17.2 Å². The Morgan fingerprint density at radius 2 is 1.79 bits per heavy atom. The van der Waals surface area contributed by atoms with Crippen LogP contribution in [0.15, 0.2) is 47.4 Å². The number of benzene rings is 2. The third-order valence-corrected chi connectivity index (χ3v) is 6.63. The lowest BCUT2D eigenvalue weighted by atomic mass is 9.99. The first-order chi connectivity index (χ1) is 13.3. The average Bonchev–Trinajstić information content (AvgIpc) is 3.16. The van der Waals surface area contributed by atoms with Gasteiger partial charge in [0.15, 0.2) is 11.6 Å². The summed E-state index contributed by atoms with van der Waals surface area (Å²) in [5.41, 5.74) is 1.22. The minimum absolute atomic E-state index is 0.316. The van der Waals surface area contributed by atoms with Gasteiger partial charge in [-0.05, 0) is 49.1 Å². The molecule has 7 heteroatoms. The van der Waals surface area contributed by atoms with Crippen molar-refractivity contribution in [3.05, 3.63) is 59.7 Å². The highest BCUT2D eigenvalue weighted by atomic mass is 32.2. The Hall–Kier alpha value is -1.99. The van der Waals surface area contributed by atoms with Gasteiger partial charge in [0, 0.05) is 12.6 Å². The van der Waals surface area contributed by atoms with Gasteiger partial charge < -0.3 is 5.32 Å². The molecule has 152 valence electrons. The summed E-state index contributed by atoms with van der Waals surface area (Å²) in [5, 5.41) is 3.46. The maximum atomic E-state index is 13.4. The third-order valence-electron chi connectivity index (χ3n) is 5.27. The van der Waals surface area contributed by atoms with Gasteiger partial charge in [0.1, 0.15) is 0 Å². The zero-order valence-corrected chi connectivity index (χ0v) is 16.7. The molecule has 1 atom stereocenters. The fraction of sp³-hybridized carbons (Fsp3) is 0.429. The quantitative estimate of drug-likeness (QED) is 0.658. The van der Waals surface area contributed by atoms with E-state index in [1.807, 2.05) is 12.1 Å². The largest absolute Gasteiger partial charge is 0.310 e. The maximum Gasteiger partial charge on any atom is 0.262 e. The van der Waals surface area contributed by atoms with Crippen molar-refractivity contribution in [1.29, 1.82) is 0 Å². The monoisotopic (exact) mass is 408 g/mol. The number of rotatable bonds is 8. The Morgan fingerprint density at radius 1 is 1.07 bits per heavy atom. The van der Waals surface area contributed by atoms with Crippen LogP contribution in [0.3, 0.4) is 0 Å². The van der Waals surface area contributed by atoms with Gasteiger partial charge in [-0.25, -0.2) is 17.2 Å². The number of hydrogen-bond acceptors (Lipinski definition) is 3. The molecule has 0 saturated heterocycles. The first-order valence-corrected chi connectivity index (χ1v) is 11.1. The second-order valence-electron chi connectivity index (χ2n) is 7.51. The van der Waals surface area contributed by atoms with E-state index in [1.165, 1.54) is 25.7 Å². The Bertz CT molecular complexity index is 912. The smallest absolute Gasteiger partial charge is 0.262 e. The van der Waals surface area contributed by atoms with Crippen LogP contribution in [0.2, 0.25) is 0 Å². The van der Waals surface area contributed by atoms with Crippen LogP contribution in [0.5, 0.6) is 0 Å². The van der Waals surface area contributed by atoms with Crippen LogP contribution in [-0.2, 0) is 16.6 Å². The van der Waals surface area contributed by atoms with Gasteiger partial charge in [-0.2, -0.15) is 0 Å². The van der Waals surface area contributed by atoms with Gasteiger partial charge in [-0.1, -0.05) is 43.9 Å². The van der Waals surface area contributed by atoms with E-state index in [0.29, 0.717) is 24.3 Å². The van der Waals surface area contributed by atoms with Crippen molar-refractivity contribution >= 4 is 15.7 Å². The van der Waals surface area contributed by atoms with Crippen molar-refractivity contribution in [2.75, 3.05) is 4.72 Å². The van der Waals surface area contributed by atoms with Crippen molar-refractivity contribution in [3.63, 3.8) is 0 Å². The van der Waals surface area contributed by atoms with E-state index in [-0.39, 0.29) is 4.90 Å². The number of para-hydroxylation sites is 1.